The smallest absolute Gasteiger partial charge is 0.259 e. The molecular weight excluding hydrogens is 313 g/mol. The summed E-state index contributed by atoms with van der Waals surface area (Å²) in [6, 6.07) is 7.40. The first-order valence-corrected chi connectivity index (χ1v) is 6.97. The van der Waals surface area contributed by atoms with Crippen LogP contribution in [-0.2, 0) is 10.3 Å². The lowest BCUT2D eigenvalue weighted by atomic mass is 9.92. The number of rotatable bonds is 3. The molecule has 0 aliphatic carbocycles. The van der Waals surface area contributed by atoms with Gasteiger partial charge in [0.25, 0.3) is 5.89 Å². The van der Waals surface area contributed by atoms with Crippen molar-refractivity contribution in [3.8, 4) is 11.4 Å². The first-order valence-electron chi connectivity index (χ1n) is 6.59. The molecule has 1 aliphatic heterocycles. The Morgan fingerprint density at radius 1 is 1.33 bits per heavy atom. The van der Waals surface area contributed by atoms with E-state index >= 15 is 0 Å². The van der Waals surface area contributed by atoms with E-state index in [2.05, 4.69) is 15.5 Å². The number of ether oxygens (including phenoxy) is 1. The molecule has 1 aliphatic rings. The maximum Gasteiger partial charge on any atom is 0.259 e. The van der Waals surface area contributed by atoms with Crippen LogP contribution in [0.15, 0.2) is 28.8 Å². The topological polar surface area (TPSA) is 60.2 Å². The lowest BCUT2D eigenvalue weighted by molar-refractivity contribution is -0.0622. The summed E-state index contributed by atoms with van der Waals surface area (Å²) in [6.07, 6.45) is 1.64. The van der Waals surface area contributed by atoms with Crippen molar-refractivity contribution in [1.82, 2.24) is 15.5 Å². The third-order valence-corrected chi connectivity index (χ3v) is 3.94. The van der Waals surface area contributed by atoms with Gasteiger partial charge in [-0.25, -0.2) is 0 Å². The summed E-state index contributed by atoms with van der Waals surface area (Å²) in [5.74, 6) is 1.08. The maximum absolute atomic E-state index is 5.99. The molecule has 0 bridgehead atoms. The minimum atomic E-state index is -0.477. The third kappa shape index (κ3) is 3.21. The highest BCUT2D eigenvalue weighted by Gasteiger charge is 2.39. The van der Waals surface area contributed by atoms with E-state index in [1.54, 1.807) is 7.11 Å². The van der Waals surface area contributed by atoms with Crippen LogP contribution in [0.3, 0.4) is 0 Å². The minimum absolute atomic E-state index is 0. The van der Waals surface area contributed by atoms with Crippen molar-refractivity contribution in [2.45, 2.75) is 18.4 Å². The Morgan fingerprint density at radius 2 is 2.10 bits per heavy atom. The zero-order valence-corrected chi connectivity index (χ0v) is 13.2. The molecule has 5 nitrogen and oxygen atoms in total. The number of halogens is 2. The molecule has 0 unspecified atom stereocenters. The van der Waals surface area contributed by atoms with Gasteiger partial charge in [0, 0.05) is 17.7 Å². The van der Waals surface area contributed by atoms with Crippen molar-refractivity contribution in [2.24, 2.45) is 0 Å². The van der Waals surface area contributed by atoms with E-state index in [9.17, 15) is 0 Å². The van der Waals surface area contributed by atoms with E-state index in [0.29, 0.717) is 16.7 Å². The molecule has 1 saturated heterocycles. The molecule has 1 fully saturated rings. The van der Waals surface area contributed by atoms with Crippen LogP contribution in [0, 0.1) is 0 Å². The largest absolute Gasteiger partial charge is 0.368 e. The summed E-state index contributed by atoms with van der Waals surface area (Å²) in [7, 11) is 1.69. The molecule has 7 heteroatoms. The van der Waals surface area contributed by atoms with E-state index < -0.39 is 5.60 Å². The lowest BCUT2D eigenvalue weighted by Gasteiger charge is -2.32. The van der Waals surface area contributed by atoms with Crippen molar-refractivity contribution < 1.29 is 9.26 Å². The quantitative estimate of drug-likeness (QED) is 0.937. The Morgan fingerprint density at radius 3 is 2.76 bits per heavy atom. The summed E-state index contributed by atoms with van der Waals surface area (Å²) in [5, 5.41) is 8.00. The van der Waals surface area contributed by atoms with Gasteiger partial charge in [-0.05, 0) is 38.1 Å². The van der Waals surface area contributed by atoms with Crippen molar-refractivity contribution in [3.05, 3.63) is 35.2 Å². The fourth-order valence-corrected chi connectivity index (χ4v) is 2.68. The maximum atomic E-state index is 5.99. The zero-order valence-electron chi connectivity index (χ0n) is 11.6. The monoisotopic (exact) mass is 329 g/mol. The Labute approximate surface area is 134 Å². The number of benzene rings is 1. The van der Waals surface area contributed by atoms with Crippen molar-refractivity contribution in [3.63, 3.8) is 0 Å². The fraction of sp³-hybridized carbons (Fsp3) is 0.429. The number of methoxy groups -OCH3 is 1. The lowest BCUT2D eigenvalue weighted by Crippen LogP contribution is -2.41. The standard InChI is InChI=1S/C14H16ClN3O2.ClH/c1-19-14(5-7-16-8-6-14)13-17-12(18-20-13)10-3-2-4-11(15)9-10;/h2-4,9,16H,5-8H2,1H3;1H. The van der Waals surface area contributed by atoms with Gasteiger partial charge in [-0.3, -0.25) is 0 Å². The van der Waals surface area contributed by atoms with E-state index in [1.165, 1.54) is 0 Å². The van der Waals surface area contributed by atoms with Crippen molar-refractivity contribution in [2.75, 3.05) is 20.2 Å². The summed E-state index contributed by atoms with van der Waals surface area (Å²) >= 11 is 5.99. The van der Waals surface area contributed by atoms with Crippen LogP contribution in [-0.4, -0.2) is 30.3 Å². The van der Waals surface area contributed by atoms with Gasteiger partial charge in [0.1, 0.15) is 5.60 Å². The molecule has 0 amide bonds. The van der Waals surface area contributed by atoms with Gasteiger partial charge in [-0.1, -0.05) is 28.9 Å². The molecule has 2 heterocycles. The van der Waals surface area contributed by atoms with Gasteiger partial charge in [0.05, 0.1) is 0 Å². The summed E-state index contributed by atoms with van der Waals surface area (Å²) in [4.78, 5) is 4.50. The predicted molar refractivity (Wildman–Crippen MR) is 82.8 cm³/mol. The van der Waals surface area contributed by atoms with Gasteiger partial charge < -0.3 is 14.6 Å². The number of nitrogens with zero attached hydrogens (tertiary/aromatic N) is 2. The van der Waals surface area contributed by atoms with Crippen LogP contribution in [0.4, 0.5) is 0 Å². The molecule has 0 spiro atoms. The highest BCUT2D eigenvalue weighted by Crippen LogP contribution is 2.34. The molecule has 2 aromatic rings. The van der Waals surface area contributed by atoms with E-state index in [1.807, 2.05) is 24.3 Å². The summed E-state index contributed by atoms with van der Waals surface area (Å²) < 4.78 is 11.1. The van der Waals surface area contributed by atoms with E-state index in [-0.39, 0.29) is 12.4 Å². The van der Waals surface area contributed by atoms with Crippen molar-refractivity contribution in [1.29, 1.82) is 0 Å². The molecule has 3 rings (SSSR count). The Hall–Kier alpha value is -1.14. The van der Waals surface area contributed by atoms with Gasteiger partial charge in [0.2, 0.25) is 5.82 Å². The molecule has 21 heavy (non-hydrogen) atoms. The highest BCUT2D eigenvalue weighted by atomic mass is 35.5. The second kappa shape index (κ2) is 6.75. The Balaban J connectivity index is 0.00000161. The predicted octanol–water partition coefficient (Wildman–Crippen LogP) is 3.04. The van der Waals surface area contributed by atoms with Crippen LogP contribution in [0.1, 0.15) is 18.7 Å². The number of hydrogen-bond acceptors (Lipinski definition) is 5. The third-order valence-electron chi connectivity index (χ3n) is 3.70. The second-order valence-electron chi connectivity index (χ2n) is 4.88. The molecule has 114 valence electrons. The number of aromatic nitrogens is 2. The first-order chi connectivity index (χ1) is 9.73. The molecule has 1 aromatic carbocycles. The Bertz CT molecular complexity index is 597. The van der Waals surface area contributed by atoms with Gasteiger partial charge in [-0.15, -0.1) is 12.4 Å². The molecule has 0 radical (unpaired) electrons. The molecule has 1 N–H and O–H groups in total. The van der Waals surface area contributed by atoms with Gasteiger partial charge >= 0.3 is 0 Å². The zero-order chi connectivity index (χ0) is 14.0. The second-order valence-corrected chi connectivity index (χ2v) is 5.32. The summed E-state index contributed by atoms with van der Waals surface area (Å²) in [6.45, 7) is 1.76. The summed E-state index contributed by atoms with van der Waals surface area (Å²) in [5.41, 5.74) is 0.363. The SMILES string of the molecule is COC1(c2nc(-c3cccc(Cl)c3)no2)CCNCC1.Cl. The number of hydrogen-bond donors (Lipinski definition) is 1. The average Bonchev–Trinajstić information content (AvgIpc) is 2.98. The highest BCUT2D eigenvalue weighted by molar-refractivity contribution is 6.30. The van der Waals surface area contributed by atoms with Crippen LogP contribution >= 0.6 is 24.0 Å². The molecule has 0 saturated carbocycles. The van der Waals surface area contributed by atoms with Crippen LogP contribution in [0.25, 0.3) is 11.4 Å². The molecular formula is C14H17Cl2N3O2. The normalized spacial score (nSPS) is 17.2. The first kappa shape index (κ1) is 16.2. The van der Waals surface area contributed by atoms with Gasteiger partial charge in [-0.2, -0.15) is 4.98 Å². The average molecular weight is 330 g/mol. The number of piperidine rings is 1. The van der Waals surface area contributed by atoms with Crippen LogP contribution in [0.2, 0.25) is 5.02 Å². The molecule has 0 atom stereocenters. The Kier molecular flexibility index (Phi) is 5.22. The molecule has 1 aromatic heterocycles. The van der Waals surface area contributed by atoms with Crippen LogP contribution in [0.5, 0.6) is 0 Å². The van der Waals surface area contributed by atoms with Gasteiger partial charge in [0.15, 0.2) is 0 Å². The van der Waals surface area contributed by atoms with E-state index in [0.717, 1.165) is 31.5 Å². The van der Waals surface area contributed by atoms with Crippen molar-refractivity contribution >= 4 is 24.0 Å². The minimum Gasteiger partial charge on any atom is -0.368 e. The van der Waals surface area contributed by atoms with E-state index in [4.69, 9.17) is 20.9 Å². The fourth-order valence-electron chi connectivity index (χ4n) is 2.49. The van der Waals surface area contributed by atoms with Crippen LogP contribution < -0.4 is 5.32 Å². The number of nitrogens with one attached hydrogen (secondary N) is 1.